The first-order chi connectivity index (χ1) is 9.08. The minimum absolute atomic E-state index is 0.0492. The van der Waals surface area contributed by atoms with Crippen LogP contribution in [0.25, 0.3) is 0 Å². The van der Waals surface area contributed by atoms with Crippen LogP contribution in [0.4, 0.5) is 10.1 Å². The van der Waals surface area contributed by atoms with Crippen molar-refractivity contribution in [3.63, 3.8) is 0 Å². The first-order valence-electron chi connectivity index (χ1n) is 6.28. The molecule has 1 aromatic rings. The fourth-order valence-electron chi connectivity index (χ4n) is 2.06. The van der Waals surface area contributed by atoms with E-state index in [0.717, 1.165) is 26.2 Å². The Morgan fingerprint density at radius 3 is 2.79 bits per heavy atom. The van der Waals surface area contributed by atoms with Gasteiger partial charge in [-0.15, -0.1) is 0 Å². The fraction of sp³-hybridized carbons (Fsp3) is 0.462. The number of rotatable bonds is 3. The molecule has 0 bridgehead atoms. The maximum atomic E-state index is 13.3. The van der Waals surface area contributed by atoms with E-state index in [0.29, 0.717) is 5.69 Å². The van der Waals surface area contributed by atoms with Gasteiger partial charge in [-0.25, -0.2) is 4.39 Å². The number of carbonyl (C=O) groups is 1. The number of carbonyl (C=O) groups excluding carboxylic acids is 1. The quantitative estimate of drug-likeness (QED) is 0.889. The van der Waals surface area contributed by atoms with E-state index in [1.165, 1.54) is 12.1 Å². The summed E-state index contributed by atoms with van der Waals surface area (Å²) in [7, 11) is 0. The summed E-state index contributed by atoms with van der Waals surface area (Å²) in [6.45, 7) is 5.29. The van der Waals surface area contributed by atoms with Crippen molar-refractivity contribution in [2.45, 2.75) is 13.0 Å². The van der Waals surface area contributed by atoms with Gasteiger partial charge < -0.3 is 10.6 Å². The predicted octanol–water partition coefficient (Wildman–Crippen LogP) is 1.71. The van der Waals surface area contributed by atoms with Crippen molar-refractivity contribution in [2.24, 2.45) is 0 Å². The zero-order valence-corrected chi connectivity index (χ0v) is 11.5. The molecule has 6 heteroatoms. The SMILES string of the molecule is CC(C(=O)Nc1ccc(Cl)c(F)c1)N1CCNCC1. The molecular formula is C13H17ClFN3O. The lowest BCUT2D eigenvalue weighted by atomic mass is 10.2. The van der Waals surface area contributed by atoms with E-state index in [9.17, 15) is 9.18 Å². The average molecular weight is 286 g/mol. The van der Waals surface area contributed by atoms with Crippen LogP contribution in [0.3, 0.4) is 0 Å². The molecule has 1 aromatic carbocycles. The molecule has 0 radical (unpaired) electrons. The third kappa shape index (κ3) is 3.65. The van der Waals surface area contributed by atoms with Gasteiger partial charge >= 0.3 is 0 Å². The smallest absolute Gasteiger partial charge is 0.241 e. The Hall–Kier alpha value is -1.17. The van der Waals surface area contributed by atoms with Crippen LogP contribution < -0.4 is 10.6 Å². The van der Waals surface area contributed by atoms with Crippen molar-refractivity contribution in [2.75, 3.05) is 31.5 Å². The molecule has 1 fully saturated rings. The predicted molar refractivity (Wildman–Crippen MR) is 73.9 cm³/mol. The zero-order chi connectivity index (χ0) is 13.8. The number of amides is 1. The summed E-state index contributed by atoms with van der Waals surface area (Å²) in [5.41, 5.74) is 0.425. The normalized spacial score (nSPS) is 18.1. The van der Waals surface area contributed by atoms with Gasteiger partial charge in [0.2, 0.25) is 5.91 Å². The second-order valence-corrected chi connectivity index (χ2v) is 4.99. The Morgan fingerprint density at radius 2 is 2.16 bits per heavy atom. The maximum absolute atomic E-state index is 13.3. The first kappa shape index (κ1) is 14.2. The summed E-state index contributed by atoms with van der Waals surface area (Å²) in [4.78, 5) is 14.2. The highest BCUT2D eigenvalue weighted by Gasteiger charge is 2.22. The molecule has 0 saturated carbocycles. The van der Waals surface area contributed by atoms with Crippen LogP contribution in [0.1, 0.15) is 6.92 Å². The van der Waals surface area contributed by atoms with E-state index in [4.69, 9.17) is 11.6 Å². The summed E-state index contributed by atoms with van der Waals surface area (Å²) >= 11 is 5.60. The first-order valence-corrected chi connectivity index (χ1v) is 6.66. The van der Waals surface area contributed by atoms with Gasteiger partial charge in [0.25, 0.3) is 0 Å². The topological polar surface area (TPSA) is 44.4 Å². The van der Waals surface area contributed by atoms with Crippen molar-refractivity contribution >= 4 is 23.2 Å². The molecule has 1 aliphatic heterocycles. The lowest BCUT2D eigenvalue weighted by Crippen LogP contribution is -2.51. The van der Waals surface area contributed by atoms with E-state index in [1.54, 1.807) is 6.07 Å². The molecule has 0 aliphatic carbocycles. The number of piperazine rings is 1. The zero-order valence-electron chi connectivity index (χ0n) is 10.7. The van der Waals surface area contributed by atoms with E-state index >= 15 is 0 Å². The van der Waals surface area contributed by atoms with E-state index < -0.39 is 5.82 Å². The van der Waals surface area contributed by atoms with Gasteiger partial charge in [-0.2, -0.15) is 0 Å². The molecule has 104 valence electrons. The molecule has 0 spiro atoms. The Labute approximate surface area is 116 Å². The number of hydrogen-bond acceptors (Lipinski definition) is 3. The third-order valence-electron chi connectivity index (χ3n) is 3.27. The lowest BCUT2D eigenvalue weighted by molar-refractivity contribution is -0.120. The molecule has 1 amide bonds. The monoisotopic (exact) mass is 285 g/mol. The second-order valence-electron chi connectivity index (χ2n) is 4.58. The Kier molecular flexibility index (Phi) is 4.74. The molecule has 2 N–H and O–H groups in total. The molecule has 1 atom stereocenters. The Balaban J connectivity index is 1.97. The van der Waals surface area contributed by atoms with Gasteiger partial charge in [-0.3, -0.25) is 9.69 Å². The van der Waals surface area contributed by atoms with Crippen molar-refractivity contribution in [1.29, 1.82) is 0 Å². The van der Waals surface area contributed by atoms with Crippen LogP contribution >= 0.6 is 11.6 Å². The Bertz CT molecular complexity index is 463. The third-order valence-corrected chi connectivity index (χ3v) is 3.57. The molecule has 1 unspecified atom stereocenters. The number of benzene rings is 1. The number of nitrogens with one attached hydrogen (secondary N) is 2. The number of nitrogens with zero attached hydrogens (tertiary/aromatic N) is 1. The average Bonchev–Trinajstić information content (AvgIpc) is 2.43. The number of halogens is 2. The standard InChI is InChI=1S/C13H17ClFN3O/c1-9(18-6-4-16-5-7-18)13(19)17-10-2-3-11(14)12(15)8-10/h2-3,8-9,16H,4-7H2,1H3,(H,17,19). The summed E-state index contributed by atoms with van der Waals surface area (Å²) in [6, 6.07) is 4.02. The number of anilines is 1. The fourth-order valence-corrected chi connectivity index (χ4v) is 2.17. The van der Waals surface area contributed by atoms with Gasteiger partial charge in [0.05, 0.1) is 11.1 Å². The van der Waals surface area contributed by atoms with Gasteiger partial charge in [-0.1, -0.05) is 11.6 Å². The van der Waals surface area contributed by atoms with Gasteiger partial charge in [-0.05, 0) is 25.1 Å². The van der Waals surface area contributed by atoms with E-state index in [2.05, 4.69) is 15.5 Å². The number of hydrogen-bond donors (Lipinski definition) is 2. The summed E-state index contributed by atoms with van der Waals surface area (Å²) < 4.78 is 13.3. The molecule has 1 heterocycles. The molecule has 4 nitrogen and oxygen atoms in total. The molecule has 2 rings (SSSR count). The van der Waals surface area contributed by atoms with Crippen LogP contribution in [-0.4, -0.2) is 43.0 Å². The highest BCUT2D eigenvalue weighted by molar-refractivity contribution is 6.30. The van der Waals surface area contributed by atoms with Crippen LogP contribution in [0.2, 0.25) is 5.02 Å². The largest absolute Gasteiger partial charge is 0.325 e. The van der Waals surface area contributed by atoms with E-state index in [1.807, 2.05) is 6.92 Å². The van der Waals surface area contributed by atoms with Crippen LogP contribution in [0, 0.1) is 5.82 Å². The van der Waals surface area contributed by atoms with Crippen molar-refractivity contribution in [1.82, 2.24) is 10.2 Å². The van der Waals surface area contributed by atoms with Gasteiger partial charge in [0.1, 0.15) is 5.82 Å². The summed E-state index contributed by atoms with van der Waals surface area (Å²) in [5.74, 6) is -0.669. The van der Waals surface area contributed by atoms with Crippen molar-refractivity contribution in [3.05, 3.63) is 29.0 Å². The second kappa shape index (κ2) is 6.32. The van der Waals surface area contributed by atoms with Gasteiger partial charge in [0, 0.05) is 31.9 Å². The molecule has 1 aliphatic rings. The van der Waals surface area contributed by atoms with Crippen molar-refractivity contribution in [3.8, 4) is 0 Å². The van der Waals surface area contributed by atoms with Crippen molar-refractivity contribution < 1.29 is 9.18 Å². The molecular weight excluding hydrogens is 269 g/mol. The lowest BCUT2D eigenvalue weighted by Gasteiger charge is -2.31. The molecule has 19 heavy (non-hydrogen) atoms. The Morgan fingerprint density at radius 1 is 1.47 bits per heavy atom. The minimum atomic E-state index is -0.533. The maximum Gasteiger partial charge on any atom is 0.241 e. The molecule has 0 aromatic heterocycles. The minimum Gasteiger partial charge on any atom is -0.325 e. The van der Waals surface area contributed by atoms with E-state index in [-0.39, 0.29) is 17.0 Å². The summed E-state index contributed by atoms with van der Waals surface area (Å²) in [5, 5.41) is 5.99. The highest BCUT2D eigenvalue weighted by atomic mass is 35.5. The van der Waals surface area contributed by atoms with Crippen LogP contribution in [0.15, 0.2) is 18.2 Å². The van der Waals surface area contributed by atoms with Crippen LogP contribution in [0.5, 0.6) is 0 Å². The summed E-state index contributed by atoms with van der Waals surface area (Å²) in [6.07, 6.45) is 0. The van der Waals surface area contributed by atoms with Crippen LogP contribution in [-0.2, 0) is 4.79 Å². The van der Waals surface area contributed by atoms with Gasteiger partial charge in [0.15, 0.2) is 0 Å². The highest BCUT2D eigenvalue weighted by Crippen LogP contribution is 2.19. The molecule has 1 saturated heterocycles.